The molecule has 0 radical (unpaired) electrons. The summed E-state index contributed by atoms with van der Waals surface area (Å²) in [5.74, 6) is -1.58. The van der Waals surface area contributed by atoms with Gasteiger partial charge in [-0.25, -0.2) is 0 Å². The van der Waals surface area contributed by atoms with Gasteiger partial charge in [0.05, 0.1) is 19.1 Å². The number of allylic oxidation sites excluding steroid dienone is 7. The minimum Gasteiger partial charge on any atom is -0.508 e. The van der Waals surface area contributed by atoms with E-state index >= 15 is 0 Å². The molecule has 0 bridgehead atoms. The molecule has 0 heterocycles. The van der Waals surface area contributed by atoms with Gasteiger partial charge in [0.1, 0.15) is 11.5 Å². The second-order valence-electron chi connectivity index (χ2n) is 9.37. The van der Waals surface area contributed by atoms with Crippen molar-refractivity contribution in [2.45, 2.75) is 85.7 Å². The zero-order chi connectivity index (χ0) is 25.8. The third kappa shape index (κ3) is 9.60. The number of aliphatic hydroxyl groups is 1. The Balaban J connectivity index is 3.17. The molecule has 0 fully saturated rings. The molecule has 5 nitrogen and oxygen atoms in total. The number of aliphatic hydroxyl groups excluding tert-OH is 1. The highest BCUT2D eigenvalue weighted by molar-refractivity contribution is 5.79. The molecular formula is C29H42O5. The van der Waals surface area contributed by atoms with Crippen LogP contribution in [0.25, 0.3) is 0 Å². The van der Waals surface area contributed by atoms with E-state index in [1.807, 2.05) is 39.8 Å². The quantitative estimate of drug-likeness (QED) is 0.235. The van der Waals surface area contributed by atoms with Crippen LogP contribution in [-0.4, -0.2) is 34.5 Å². The van der Waals surface area contributed by atoms with E-state index in [0.29, 0.717) is 24.0 Å². The van der Waals surface area contributed by atoms with E-state index in [1.54, 1.807) is 0 Å². The van der Waals surface area contributed by atoms with Crippen molar-refractivity contribution in [3.8, 4) is 11.5 Å². The zero-order valence-electron chi connectivity index (χ0n) is 21.8. The Bertz CT molecular complexity index is 942. The number of esters is 1. The number of phenolic OH excluding ortho intramolecular Hbond substituents is 2. The van der Waals surface area contributed by atoms with Gasteiger partial charge in [0.25, 0.3) is 0 Å². The normalized spacial score (nSPS) is 13.8. The van der Waals surface area contributed by atoms with Gasteiger partial charge in [-0.2, -0.15) is 0 Å². The van der Waals surface area contributed by atoms with Crippen molar-refractivity contribution in [2.24, 2.45) is 0 Å². The summed E-state index contributed by atoms with van der Waals surface area (Å²) >= 11 is 0. The van der Waals surface area contributed by atoms with Gasteiger partial charge in [-0.05, 0) is 85.3 Å². The fraction of sp³-hybridized carbons (Fsp3) is 0.483. The van der Waals surface area contributed by atoms with E-state index in [-0.39, 0.29) is 17.9 Å². The smallest absolute Gasteiger partial charge is 0.313 e. The SMILES string of the molecule is COC(=O)[C@H](C[C@H](O)/C(C)=C/CC=C(C)C)c1ccc(O)c(C/C=C(\C)CCC=C(C)C)c1O. The molecule has 0 spiro atoms. The Labute approximate surface area is 205 Å². The molecular weight excluding hydrogens is 428 g/mol. The first kappa shape index (κ1) is 29.2. The number of carbonyl (C=O) groups excluding carboxylic acids is 1. The summed E-state index contributed by atoms with van der Waals surface area (Å²) in [6.07, 6.45) is 10.2. The van der Waals surface area contributed by atoms with Crippen LogP contribution in [0.1, 0.15) is 84.3 Å². The van der Waals surface area contributed by atoms with Gasteiger partial charge in [0, 0.05) is 11.1 Å². The van der Waals surface area contributed by atoms with Crippen LogP contribution in [0.2, 0.25) is 0 Å². The van der Waals surface area contributed by atoms with Gasteiger partial charge >= 0.3 is 5.97 Å². The van der Waals surface area contributed by atoms with Crippen molar-refractivity contribution in [2.75, 3.05) is 7.11 Å². The first-order valence-electron chi connectivity index (χ1n) is 11.9. The Morgan fingerprint density at radius 1 is 0.971 bits per heavy atom. The Morgan fingerprint density at radius 3 is 2.21 bits per heavy atom. The van der Waals surface area contributed by atoms with E-state index in [0.717, 1.165) is 24.0 Å². The number of hydrogen-bond donors (Lipinski definition) is 3. The number of methoxy groups -OCH3 is 1. The van der Waals surface area contributed by atoms with Gasteiger partial charge in [-0.1, -0.05) is 47.1 Å². The van der Waals surface area contributed by atoms with E-state index in [9.17, 15) is 20.1 Å². The van der Waals surface area contributed by atoms with E-state index in [4.69, 9.17) is 4.74 Å². The number of carbonyl (C=O) groups is 1. The predicted molar refractivity (Wildman–Crippen MR) is 139 cm³/mol. The number of phenols is 2. The molecule has 1 aromatic rings. The predicted octanol–water partition coefficient (Wildman–Crippen LogP) is 6.64. The highest BCUT2D eigenvalue weighted by atomic mass is 16.5. The minimum absolute atomic E-state index is 0.0310. The Kier molecular flexibility index (Phi) is 12.4. The molecule has 0 unspecified atom stereocenters. The molecule has 0 aliphatic carbocycles. The molecule has 188 valence electrons. The van der Waals surface area contributed by atoms with Gasteiger partial charge < -0.3 is 20.1 Å². The largest absolute Gasteiger partial charge is 0.508 e. The molecule has 5 heteroatoms. The average molecular weight is 471 g/mol. The average Bonchev–Trinajstić information content (AvgIpc) is 2.76. The zero-order valence-corrected chi connectivity index (χ0v) is 21.8. The number of hydrogen-bond acceptors (Lipinski definition) is 5. The maximum absolute atomic E-state index is 12.6. The lowest BCUT2D eigenvalue weighted by atomic mass is 9.88. The van der Waals surface area contributed by atoms with Crippen molar-refractivity contribution in [1.29, 1.82) is 0 Å². The third-order valence-electron chi connectivity index (χ3n) is 5.85. The molecule has 0 aliphatic heterocycles. The van der Waals surface area contributed by atoms with Gasteiger partial charge in [-0.3, -0.25) is 4.79 Å². The number of rotatable bonds is 12. The fourth-order valence-electron chi connectivity index (χ4n) is 3.61. The Hall–Kier alpha value is -2.79. The van der Waals surface area contributed by atoms with Crippen LogP contribution < -0.4 is 0 Å². The molecule has 0 amide bonds. The van der Waals surface area contributed by atoms with Crippen molar-refractivity contribution < 1.29 is 24.9 Å². The van der Waals surface area contributed by atoms with Crippen molar-refractivity contribution >= 4 is 5.97 Å². The second kappa shape index (κ2) is 14.5. The van der Waals surface area contributed by atoms with Crippen molar-refractivity contribution in [1.82, 2.24) is 0 Å². The second-order valence-corrected chi connectivity index (χ2v) is 9.37. The highest BCUT2D eigenvalue weighted by Gasteiger charge is 2.29. The molecule has 0 saturated heterocycles. The summed E-state index contributed by atoms with van der Waals surface area (Å²) in [5, 5.41) is 32.1. The van der Waals surface area contributed by atoms with Crippen LogP contribution in [0.4, 0.5) is 0 Å². The molecule has 0 aromatic heterocycles. The van der Waals surface area contributed by atoms with Crippen LogP contribution >= 0.6 is 0 Å². The maximum atomic E-state index is 12.6. The van der Waals surface area contributed by atoms with Crippen LogP contribution in [0.5, 0.6) is 11.5 Å². The first-order valence-corrected chi connectivity index (χ1v) is 11.9. The number of ether oxygens (including phenoxy) is 1. The first-order chi connectivity index (χ1) is 16.0. The lowest BCUT2D eigenvalue weighted by molar-refractivity contribution is -0.143. The van der Waals surface area contributed by atoms with E-state index in [1.165, 1.54) is 30.4 Å². The van der Waals surface area contributed by atoms with Crippen LogP contribution in [-0.2, 0) is 16.0 Å². The van der Waals surface area contributed by atoms with Crippen LogP contribution in [0, 0.1) is 0 Å². The molecule has 0 saturated carbocycles. The molecule has 2 atom stereocenters. The van der Waals surface area contributed by atoms with Crippen molar-refractivity contribution in [3.63, 3.8) is 0 Å². The molecule has 3 N–H and O–H groups in total. The van der Waals surface area contributed by atoms with Crippen molar-refractivity contribution in [3.05, 3.63) is 69.9 Å². The summed E-state index contributed by atoms with van der Waals surface area (Å²) in [6, 6.07) is 3.01. The van der Waals surface area contributed by atoms with Gasteiger partial charge in [-0.15, -0.1) is 0 Å². The molecule has 34 heavy (non-hydrogen) atoms. The topological polar surface area (TPSA) is 87.0 Å². The fourth-order valence-corrected chi connectivity index (χ4v) is 3.61. The highest BCUT2D eigenvalue weighted by Crippen LogP contribution is 2.38. The summed E-state index contributed by atoms with van der Waals surface area (Å²) in [7, 11) is 1.29. The summed E-state index contributed by atoms with van der Waals surface area (Å²) in [4.78, 5) is 12.6. The van der Waals surface area contributed by atoms with E-state index in [2.05, 4.69) is 26.0 Å². The van der Waals surface area contributed by atoms with Crippen LogP contribution in [0.15, 0.2) is 58.7 Å². The Morgan fingerprint density at radius 2 is 1.62 bits per heavy atom. The molecule has 1 rings (SSSR count). The molecule has 1 aromatic carbocycles. The number of benzene rings is 1. The summed E-state index contributed by atoms with van der Waals surface area (Å²) in [6.45, 7) is 12.0. The van der Waals surface area contributed by atoms with E-state index < -0.39 is 18.0 Å². The number of aromatic hydroxyl groups is 2. The minimum atomic E-state index is -0.872. The lowest BCUT2D eigenvalue weighted by Gasteiger charge is -2.21. The maximum Gasteiger partial charge on any atom is 0.313 e. The standard InChI is InChI=1S/C29H42O5/c1-19(2)10-8-12-21(5)14-15-24-26(30)17-16-23(28(24)32)25(29(33)34-7)18-27(31)22(6)13-9-11-20(3)4/h10-11,13-14,16-17,25,27,30-32H,8-9,12,15,18H2,1-7H3/b21-14+,22-13+/t25-,27+/m1/s1. The van der Waals surface area contributed by atoms with Gasteiger partial charge in [0.2, 0.25) is 0 Å². The monoisotopic (exact) mass is 470 g/mol. The third-order valence-corrected chi connectivity index (χ3v) is 5.85. The lowest BCUT2D eigenvalue weighted by Crippen LogP contribution is -2.22. The van der Waals surface area contributed by atoms with Gasteiger partial charge in [0.15, 0.2) is 0 Å². The summed E-state index contributed by atoms with van der Waals surface area (Å²) < 4.78 is 4.98. The summed E-state index contributed by atoms with van der Waals surface area (Å²) in [5.41, 5.74) is 5.06. The van der Waals surface area contributed by atoms with Crippen LogP contribution in [0.3, 0.4) is 0 Å². The molecule has 0 aliphatic rings.